The normalized spacial score (nSPS) is 15.7. The van der Waals surface area contributed by atoms with Crippen molar-refractivity contribution in [3.63, 3.8) is 0 Å². The molecule has 0 N–H and O–H groups in total. The lowest BCUT2D eigenvalue weighted by Gasteiger charge is -2.18. The molecule has 0 amide bonds. The van der Waals surface area contributed by atoms with Gasteiger partial charge in [-0.05, 0) is 19.0 Å². The largest absolute Gasteiger partial charge is 0.492 e. The van der Waals surface area contributed by atoms with Gasteiger partial charge in [-0.1, -0.05) is 18.2 Å². The predicted molar refractivity (Wildman–Crippen MR) is 65.3 cm³/mol. The molecule has 0 saturated carbocycles. The van der Waals surface area contributed by atoms with Crippen molar-refractivity contribution in [2.75, 3.05) is 19.7 Å². The van der Waals surface area contributed by atoms with Crippen LogP contribution in [0.25, 0.3) is 0 Å². The third-order valence-electron chi connectivity index (χ3n) is 2.83. The van der Waals surface area contributed by atoms with Crippen LogP contribution in [0.4, 0.5) is 0 Å². The molecule has 16 heavy (non-hydrogen) atoms. The van der Waals surface area contributed by atoms with Gasteiger partial charge in [-0.2, -0.15) is 0 Å². The average Bonchev–Trinajstić information content (AvgIpc) is 2.51. The maximum absolute atomic E-state index is 5.70. The molecule has 0 saturated heterocycles. The SMILES string of the molecule is C#CCCCN1CCOc2ccccc2C1. The quantitative estimate of drug-likeness (QED) is 0.566. The van der Waals surface area contributed by atoms with E-state index in [-0.39, 0.29) is 0 Å². The molecule has 1 aliphatic rings. The first-order valence-electron chi connectivity index (χ1n) is 5.76. The molecule has 2 heteroatoms. The molecule has 0 aromatic heterocycles. The van der Waals surface area contributed by atoms with Crippen molar-refractivity contribution in [3.05, 3.63) is 29.8 Å². The summed E-state index contributed by atoms with van der Waals surface area (Å²) >= 11 is 0. The van der Waals surface area contributed by atoms with Gasteiger partial charge in [0.2, 0.25) is 0 Å². The molecule has 1 aromatic rings. The fraction of sp³-hybridized carbons (Fsp3) is 0.429. The Hall–Kier alpha value is -1.46. The van der Waals surface area contributed by atoms with Crippen molar-refractivity contribution in [1.29, 1.82) is 0 Å². The van der Waals surface area contributed by atoms with Crippen LogP contribution in [0, 0.1) is 12.3 Å². The van der Waals surface area contributed by atoms with Crippen LogP contribution < -0.4 is 4.74 Å². The highest BCUT2D eigenvalue weighted by atomic mass is 16.5. The summed E-state index contributed by atoms with van der Waals surface area (Å²) in [5.41, 5.74) is 1.28. The van der Waals surface area contributed by atoms with Crippen LogP contribution in [0.2, 0.25) is 0 Å². The van der Waals surface area contributed by atoms with Crippen LogP contribution >= 0.6 is 0 Å². The highest BCUT2D eigenvalue weighted by Gasteiger charge is 2.13. The summed E-state index contributed by atoms with van der Waals surface area (Å²) in [6.07, 6.45) is 7.19. The van der Waals surface area contributed by atoms with Gasteiger partial charge >= 0.3 is 0 Å². The molecule has 1 aromatic carbocycles. The van der Waals surface area contributed by atoms with E-state index in [1.165, 1.54) is 5.56 Å². The van der Waals surface area contributed by atoms with Gasteiger partial charge in [-0.15, -0.1) is 12.3 Å². The highest BCUT2D eigenvalue weighted by molar-refractivity contribution is 5.33. The van der Waals surface area contributed by atoms with Crippen molar-refractivity contribution < 1.29 is 4.74 Å². The number of hydrogen-bond donors (Lipinski definition) is 0. The van der Waals surface area contributed by atoms with Gasteiger partial charge in [0.05, 0.1) is 0 Å². The number of terminal acetylenes is 1. The highest BCUT2D eigenvalue weighted by Crippen LogP contribution is 2.22. The van der Waals surface area contributed by atoms with E-state index in [0.717, 1.165) is 44.8 Å². The second kappa shape index (κ2) is 5.58. The molecule has 0 fully saturated rings. The minimum atomic E-state index is 0.771. The van der Waals surface area contributed by atoms with E-state index in [4.69, 9.17) is 11.2 Å². The van der Waals surface area contributed by atoms with Gasteiger partial charge in [-0.3, -0.25) is 4.90 Å². The molecule has 1 aliphatic heterocycles. The van der Waals surface area contributed by atoms with Gasteiger partial charge in [0.1, 0.15) is 12.4 Å². The number of para-hydroxylation sites is 1. The minimum Gasteiger partial charge on any atom is -0.492 e. The second-order valence-corrected chi connectivity index (χ2v) is 4.04. The molecule has 0 spiro atoms. The van der Waals surface area contributed by atoms with Crippen molar-refractivity contribution >= 4 is 0 Å². The molecule has 2 rings (SSSR count). The number of unbranched alkanes of at least 4 members (excludes halogenated alkanes) is 1. The molecular weight excluding hydrogens is 198 g/mol. The molecule has 0 atom stereocenters. The van der Waals surface area contributed by atoms with Gasteiger partial charge in [0, 0.05) is 25.1 Å². The molecule has 0 aliphatic carbocycles. The second-order valence-electron chi connectivity index (χ2n) is 4.04. The Balaban J connectivity index is 1.97. The number of ether oxygens (including phenoxy) is 1. The average molecular weight is 215 g/mol. The molecule has 1 heterocycles. The fourth-order valence-electron chi connectivity index (χ4n) is 1.98. The Morgan fingerprint density at radius 2 is 2.25 bits per heavy atom. The standard InChI is InChI=1S/C14H17NO/c1-2-3-6-9-15-10-11-16-14-8-5-4-7-13(14)12-15/h1,4-5,7-8H,3,6,9-12H2. The third-order valence-corrected chi connectivity index (χ3v) is 2.83. The van der Waals surface area contributed by atoms with E-state index in [1.807, 2.05) is 12.1 Å². The number of benzene rings is 1. The summed E-state index contributed by atoms with van der Waals surface area (Å²) in [6.45, 7) is 3.79. The maximum atomic E-state index is 5.70. The topological polar surface area (TPSA) is 12.5 Å². The number of nitrogens with zero attached hydrogens (tertiary/aromatic N) is 1. The van der Waals surface area contributed by atoms with Gasteiger partial charge in [0.15, 0.2) is 0 Å². The van der Waals surface area contributed by atoms with E-state index in [0.29, 0.717) is 0 Å². The Labute approximate surface area is 97.2 Å². The van der Waals surface area contributed by atoms with Gasteiger partial charge in [0.25, 0.3) is 0 Å². The van der Waals surface area contributed by atoms with Gasteiger partial charge < -0.3 is 4.74 Å². The van der Waals surface area contributed by atoms with Gasteiger partial charge in [-0.25, -0.2) is 0 Å². The lowest BCUT2D eigenvalue weighted by molar-refractivity contribution is 0.225. The van der Waals surface area contributed by atoms with E-state index in [9.17, 15) is 0 Å². The summed E-state index contributed by atoms with van der Waals surface area (Å²) in [6, 6.07) is 8.26. The van der Waals surface area contributed by atoms with Crippen molar-refractivity contribution in [2.24, 2.45) is 0 Å². The minimum absolute atomic E-state index is 0.771. The zero-order valence-corrected chi connectivity index (χ0v) is 9.48. The molecule has 0 radical (unpaired) electrons. The smallest absolute Gasteiger partial charge is 0.123 e. The molecule has 0 unspecified atom stereocenters. The van der Waals surface area contributed by atoms with Crippen molar-refractivity contribution in [2.45, 2.75) is 19.4 Å². The Kier molecular flexibility index (Phi) is 3.85. The van der Waals surface area contributed by atoms with E-state index >= 15 is 0 Å². The van der Waals surface area contributed by atoms with E-state index < -0.39 is 0 Å². The third kappa shape index (κ3) is 2.77. The monoisotopic (exact) mass is 215 g/mol. The molecule has 0 bridgehead atoms. The zero-order valence-electron chi connectivity index (χ0n) is 9.48. The van der Waals surface area contributed by atoms with Crippen LogP contribution in [0.1, 0.15) is 18.4 Å². The maximum Gasteiger partial charge on any atom is 0.123 e. The number of fused-ring (bicyclic) bond motifs is 1. The van der Waals surface area contributed by atoms with Crippen LogP contribution in [0.3, 0.4) is 0 Å². The number of hydrogen-bond acceptors (Lipinski definition) is 2. The van der Waals surface area contributed by atoms with E-state index in [1.54, 1.807) is 0 Å². The first-order valence-corrected chi connectivity index (χ1v) is 5.76. The lowest BCUT2D eigenvalue weighted by Crippen LogP contribution is -2.26. The molecule has 2 nitrogen and oxygen atoms in total. The summed E-state index contributed by atoms with van der Waals surface area (Å²) in [4.78, 5) is 2.41. The molecule has 84 valence electrons. The summed E-state index contributed by atoms with van der Waals surface area (Å²) < 4.78 is 5.70. The Bertz CT molecular complexity index is 381. The summed E-state index contributed by atoms with van der Waals surface area (Å²) in [5, 5.41) is 0. The van der Waals surface area contributed by atoms with Crippen LogP contribution in [-0.2, 0) is 6.54 Å². The van der Waals surface area contributed by atoms with E-state index in [2.05, 4.69) is 23.0 Å². The predicted octanol–water partition coefficient (Wildman–Crippen LogP) is 2.29. The van der Waals surface area contributed by atoms with Crippen LogP contribution in [0.15, 0.2) is 24.3 Å². The van der Waals surface area contributed by atoms with Crippen molar-refractivity contribution in [3.8, 4) is 18.1 Å². The van der Waals surface area contributed by atoms with Crippen LogP contribution in [-0.4, -0.2) is 24.6 Å². The first kappa shape index (κ1) is 11.0. The Morgan fingerprint density at radius 3 is 3.12 bits per heavy atom. The number of rotatable bonds is 3. The molecular formula is C14H17NO. The summed E-state index contributed by atoms with van der Waals surface area (Å²) in [5.74, 6) is 3.71. The lowest BCUT2D eigenvalue weighted by atomic mass is 10.2. The fourth-order valence-corrected chi connectivity index (χ4v) is 1.98. The Morgan fingerprint density at radius 1 is 1.38 bits per heavy atom. The summed E-state index contributed by atoms with van der Waals surface area (Å²) in [7, 11) is 0. The van der Waals surface area contributed by atoms with Crippen LogP contribution in [0.5, 0.6) is 5.75 Å². The van der Waals surface area contributed by atoms with Crippen molar-refractivity contribution in [1.82, 2.24) is 4.90 Å². The zero-order chi connectivity index (χ0) is 11.2. The first-order chi connectivity index (χ1) is 7.90.